The summed E-state index contributed by atoms with van der Waals surface area (Å²) in [6, 6.07) is 5.47. The van der Waals surface area contributed by atoms with Crippen LogP contribution in [0, 0.1) is 23.4 Å². The Balaban J connectivity index is 1.94. The van der Waals surface area contributed by atoms with E-state index in [1.807, 2.05) is 18.9 Å². The zero-order valence-corrected chi connectivity index (χ0v) is 17.5. The summed E-state index contributed by atoms with van der Waals surface area (Å²) in [5.41, 5.74) is -1.30. The maximum absolute atomic E-state index is 15.1. The lowest BCUT2D eigenvalue weighted by Crippen LogP contribution is -2.32. The van der Waals surface area contributed by atoms with Crippen LogP contribution in [-0.4, -0.2) is 41.8 Å². The number of nitrogens with zero attached hydrogens (tertiary/aromatic N) is 2. The number of rotatable bonds is 5. The third-order valence-electron chi connectivity index (χ3n) is 6.20. The molecule has 2 heterocycles. The molecule has 1 saturated heterocycles. The Morgan fingerprint density at radius 3 is 2.53 bits per heavy atom. The molecule has 0 saturated carbocycles. The van der Waals surface area contributed by atoms with Crippen LogP contribution >= 0.6 is 0 Å². The molecule has 32 heavy (non-hydrogen) atoms. The van der Waals surface area contributed by atoms with Gasteiger partial charge in [0.05, 0.1) is 16.9 Å². The Hall–Kier alpha value is -3.33. The predicted molar refractivity (Wildman–Crippen MR) is 115 cm³/mol. The van der Waals surface area contributed by atoms with E-state index in [2.05, 4.69) is 5.32 Å². The minimum Gasteiger partial charge on any atom is -0.477 e. The number of hydrogen-bond acceptors (Lipinski definition) is 4. The Morgan fingerprint density at radius 2 is 1.88 bits per heavy atom. The Morgan fingerprint density at radius 1 is 1.16 bits per heavy atom. The zero-order valence-electron chi connectivity index (χ0n) is 17.5. The van der Waals surface area contributed by atoms with Crippen molar-refractivity contribution in [2.24, 2.45) is 5.92 Å². The molecule has 0 bridgehead atoms. The molecular formula is C23H22F3N3O3. The van der Waals surface area contributed by atoms with Crippen molar-refractivity contribution in [1.82, 2.24) is 9.88 Å². The van der Waals surface area contributed by atoms with Crippen LogP contribution in [0.15, 0.2) is 41.3 Å². The molecule has 0 radical (unpaired) electrons. The number of benzene rings is 2. The lowest BCUT2D eigenvalue weighted by Gasteiger charge is -2.23. The maximum atomic E-state index is 15.1. The molecule has 2 atom stereocenters. The highest BCUT2D eigenvalue weighted by atomic mass is 19.1. The van der Waals surface area contributed by atoms with E-state index in [1.165, 1.54) is 6.07 Å². The van der Waals surface area contributed by atoms with E-state index >= 15 is 4.39 Å². The first-order chi connectivity index (χ1) is 15.2. The monoisotopic (exact) mass is 445 g/mol. The van der Waals surface area contributed by atoms with Gasteiger partial charge in [-0.2, -0.15) is 0 Å². The minimum atomic E-state index is -1.53. The fourth-order valence-corrected chi connectivity index (χ4v) is 4.25. The first-order valence-electron chi connectivity index (χ1n) is 10.2. The Bertz CT molecular complexity index is 1270. The van der Waals surface area contributed by atoms with E-state index in [0.29, 0.717) is 25.1 Å². The van der Waals surface area contributed by atoms with Crippen molar-refractivity contribution in [1.29, 1.82) is 0 Å². The highest BCUT2D eigenvalue weighted by molar-refractivity contribution is 5.94. The van der Waals surface area contributed by atoms with E-state index < -0.39 is 34.4 Å². The van der Waals surface area contributed by atoms with Crippen LogP contribution in [0.2, 0.25) is 0 Å². The third-order valence-corrected chi connectivity index (χ3v) is 6.20. The number of nitrogens with one attached hydrogen (secondary N) is 1. The molecule has 3 aromatic rings. The molecule has 0 amide bonds. The fourth-order valence-electron chi connectivity index (χ4n) is 4.25. The summed E-state index contributed by atoms with van der Waals surface area (Å²) >= 11 is 0. The number of fused-ring (bicyclic) bond motifs is 1. The van der Waals surface area contributed by atoms with Gasteiger partial charge in [-0.25, -0.2) is 18.0 Å². The van der Waals surface area contributed by atoms with E-state index in [4.69, 9.17) is 0 Å². The number of pyridine rings is 1. The van der Waals surface area contributed by atoms with Crippen molar-refractivity contribution in [2.75, 3.05) is 25.0 Å². The molecule has 168 valence electrons. The lowest BCUT2D eigenvalue weighted by molar-refractivity contribution is 0.0695. The van der Waals surface area contributed by atoms with Crippen LogP contribution in [-0.2, 0) is 0 Å². The molecule has 1 aliphatic rings. The summed E-state index contributed by atoms with van der Waals surface area (Å²) < 4.78 is 44.3. The highest BCUT2D eigenvalue weighted by Crippen LogP contribution is 2.32. The van der Waals surface area contributed by atoms with Gasteiger partial charge >= 0.3 is 5.97 Å². The molecule has 4 rings (SSSR count). The van der Waals surface area contributed by atoms with Crippen molar-refractivity contribution in [2.45, 2.75) is 19.4 Å². The average Bonchev–Trinajstić information content (AvgIpc) is 3.23. The number of carbonyl (C=O) groups is 1. The van der Waals surface area contributed by atoms with Crippen molar-refractivity contribution < 1.29 is 23.1 Å². The van der Waals surface area contributed by atoms with Gasteiger partial charge < -0.3 is 19.9 Å². The number of carboxylic acid groups (broad SMARTS) is 1. The fraction of sp³-hybridized carbons (Fsp3) is 0.304. The van der Waals surface area contributed by atoms with Crippen molar-refractivity contribution in [3.63, 3.8) is 0 Å². The first kappa shape index (κ1) is 21.9. The number of hydrogen-bond donors (Lipinski definition) is 2. The molecule has 1 fully saturated rings. The second kappa shape index (κ2) is 8.31. The van der Waals surface area contributed by atoms with Crippen molar-refractivity contribution in [3.8, 4) is 5.69 Å². The molecule has 1 aromatic heterocycles. The third kappa shape index (κ3) is 3.73. The van der Waals surface area contributed by atoms with Crippen molar-refractivity contribution >= 4 is 22.6 Å². The minimum absolute atomic E-state index is 0.132. The number of aromatic carboxylic acids is 1. The number of halogens is 3. The standard InChI is InChI=1S/C23H22F3N3O3/c1-12(27-2)13-5-6-28(10-13)21-9-20-15(8-18(21)26)22(30)16(23(31)32)11-29(20)19-4-3-14(24)7-17(19)25/h3-4,7-9,11-13,27H,5-6,10H2,1-2H3,(H,31,32)/t12-,13+/m1/s1. The van der Waals surface area contributed by atoms with Gasteiger partial charge in [0.25, 0.3) is 0 Å². The zero-order chi connectivity index (χ0) is 23.2. The van der Waals surface area contributed by atoms with Gasteiger partial charge in [-0.3, -0.25) is 4.79 Å². The molecule has 1 aliphatic heterocycles. The van der Waals surface area contributed by atoms with E-state index in [0.717, 1.165) is 35.4 Å². The van der Waals surface area contributed by atoms with Crippen LogP contribution in [0.4, 0.5) is 18.9 Å². The summed E-state index contributed by atoms with van der Waals surface area (Å²) in [5, 5.41) is 12.4. The number of carboxylic acids is 1. The Labute approximate surface area is 181 Å². The van der Waals surface area contributed by atoms with Gasteiger partial charge in [-0.15, -0.1) is 0 Å². The summed E-state index contributed by atoms with van der Waals surface area (Å²) in [5.74, 6) is -3.65. The molecule has 0 spiro atoms. The first-order valence-corrected chi connectivity index (χ1v) is 10.2. The van der Waals surface area contributed by atoms with Crippen LogP contribution < -0.4 is 15.6 Å². The van der Waals surface area contributed by atoms with Gasteiger partial charge in [-0.05, 0) is 50.6 Å². The smallest absolute Gasteiger partial charge is 0.341 e. The van der Waals surface area contributed by atoms with Gasteiger partial charge in [0.15, 0.2) is 0 Å². The molecule has 6 nitrogen and oxygen atoms in total. The number of aromatic nitrogens is 1. The Kier molecular flexibility index (Phi) is 5.68. The molecule has 2 aromatic carbocycles. The van der Waals surface area contributed by atoms with Crippen LogP contribution in [0.3, 0.4) is 0 Å². The predicted octanol–water partition coefficient (Wildman–Crippen LogP) is 3.54. The quantitative estimate of drug-likeness (QED) is 0.629. The lowest BCUT2D eigenvalue weighted by atomic mass is 10.0. The van der Waals surface area contributed by atoms with Crippen LogP contribution in [0.1, 0.15) is 23.7 Å². The van der Waals surface area contributed by atoms with E-state index in [1.54, 1.807) is 0 Å². The molecular weight excluding hydrogens is 423 g/mol. The summed E-state index contributed by atoms with van der Waals surface area (Å²) in [7, 11) is 1.86. The molecule has 9 heteroatoms. The van der Waals surface area contributed by atoms with E-state index in [-0.39, 0.29) is 28.3 Å². The highest BCUT2D eigenvalue weighted by Gasteiger charge is 2.29. The van der Waals surface area contributed by atoms with Crippen LogP contribution in [0.5, 0.6) is 0 Å². The van der Waals surface area contributed by atoms with Crippen LogP contribution in [0.25, 0.3) is 16.6 Å². The number of anilines is 1. The maximum Gasteiger partial charge on any atom is 0.341 e. The SMILES string of the molecule is CN[C@H](C)[C@H]1CCN(c2cc3c(cc2F)c(=O)c(C(=O)O)cn3-c2ccc(F)cc2F)C1. The van der Waals surface area contributed by atoms with Gasteiger partial charge in [0.2, 0.25) is 5.43 Å². The van der Waals surface area contributed by atoms with Gasteiger partial charge in [0, 0.05) is 36.8 Å². The van der Waals surface area contributed by atoms with E-state index in [9.17, 15) is 23.5 Å². The molecule has 0 unspecified atom stereocenters. The summed E-state index contributed by atoms with van der Waals surface area (Å²) in [6.07, 6.45) is 1.83. The average molecular weight is 445 g/mol. The van der Waals surface area contributed by atoms with Gasteiger partial charge in [0.1, 0.15) is 23.0 Å². The second-order valence-corrected chi connectivity index (χ2v) is 8.04. The second-order valence-electron chi connectivity index (χ2n) is 8.04. The van der Waals surface area contributed by atoms with Gasteiger partial charge in [-0.1, -0.05) is 0 Å². The normalized spacial score (nSPS) is 17.2. The van der Waals surface area contributed by atoms with Crippen molar-refractivity contribution in [3.05, 3.63) is 69.8 Å². The molecule has 0 aliphatic carbocycles. The molecule has 2 N–H and O–H groups in total. The summed E-state index contributed by atoms with van der Waals surface area (Å²) in [6.45, 7) is 3.24. The largest absolute Gasteiger partial charge is 0.477 e. The topological polar surface area (TPSA) is 74.6 Å². The summed E-state index contributed by atoms with van der Waals surface area (Å²) in [4.78, 5) is 26.2.